The molecule has 8 heteroatoms. The van der Waals surface area contributed by atoms with E-state index >= 15 is 0 Å². The number of aromatic nitrogens is 3. The largest absolute Gasteiger partial charge is 0.370 e. The molecule has 0 bridgehead atoms. The number of hydrogen-bond donors (Lipinski definition) is 1. The number of rotatable bonds is 5. The fourth-order valence-electron chi connectivity index (χ4n) is 3.01. The van der Waals surface area contributed by atoms with Crippen molar-refractivity contribution in [3.8, 4) is 11.4 Å². The fourth-order valence-corrected chi connectivity index (χ4v) is 3.01. The number of nitrogens with two attached hydrogens (primary N) is 1. The number of hydrogen-bond acceptors (Lipinski definition) is 6. The molecule has 3 rings (SSSR count). The molecule has 26 heavy (non-hydrogen) atoms. The lowest BCUT2D eigenvalue weighted by Crippen LogP contribution is -2.37. The summed E-state index contributed by atoms with van der Waals surface area (Å²) in [7, 11) is 3.90. The van der Waals surface area contributed by atoms with Crippen molar-refractivity contribution >= 4 is 17.6 Å². The predicted molar refractivity (Wildman–Crippen MR) is 97.1 cm³/mol. The summed E-state index contributed by atoms with van der Waals surface area (Å²) >= 11 is 0. The SMILES string of the molecule is CN(C)c1nc(-c2ccncc2)nc2c1CCN(C(=O)CCC(N)=O)C2. The van der Waals surface area contributed by atoms with Crippen LogP contribution in [0, 0.1) is 0 Å². The average molecular weight is 354 g/mol. The molecule has 0 aliphatic carbocycles. The summed E-state index contributed by atoms with van der Waals surface area (Å²) in [6.45, 7) is 0.998. The molecule has 0 spiro atoms. The summed E-state index contributed by atoms with van der Waals surface area (Å²) < 4.78 is 0. The Morgan fingerprint density at radius 2 is 1.92 bits per heavy atom. The molecule has 2 amide bonds. The number of pyridine rings is 1. The van der Waals surface area contributed by atoms with E-state index in [1.54, 1.807) is 17.3 Å². The molecular formula is C18H22N6O2. The number of carbonyl (C=O) groups excluding carboxylic acids is 2. The first-order valence-corrected chi connectivity index (χ1v) is 8.49. The van der Waals surface area contributed by atoms with Gasteiger partial charge in [0.05, 0.1) is 12.2 Å². The molecular weight excluding hydrogens is 332 g/mol. The van der Waals surface area contributed by atoms with Crippen LogP contribution < -0.4 is 10.6 Å². The minimum atomic E-state index is -0.465. The summed E-state index contributed by atoms with van der Waals surface area (Å²) in [5, 5.41) is 0. The number of fused-ring (bicyclic) bond motifs is 1. The Morgan fingerprint density at radius 1 is 1.19 bits per heavy atom. The third-order valence-electron chi connectivity index (χ3n) is 4.34. The van der Waals surface area contributed by atoms with Gasteiger partial charge in [-0.25, -0.2) is 9.97 Å². The molecule has 0 radical (unpaired) electrons. The highest BCUT2D eigenvalue weighted by Gasteiger charge is 2.26. The van der Waals surface area contributed by atoms with Crippen molar-refractivity contribution < 1.29 is 9.59 Å². The number of nitrogens with zero attached hydrogens (tertiary/aromatic N) is 5. The van der Waals surface area contributed by atoms with Crippen LogP contribution in [0.1, 0.15) is 24.1 Å². The van der Waals surface area contributed by atoms with Gasteiger partial charge in [0.15, 0.2) is 5.82 Å². The Morgan fingerprint density at radius 3 is 2.58 bits per heavy atom. The van der Waals surface area contributed by atoms with Gasteiger partial charge in [0, 0.05) is 57.0 Å². The van der Waals surface area contributed by atoms with Crippen molar-refractivity contribution in [2.24, 2.45) is 5.73 Å². The van der Waals surface area contributed by atoms with E-state index < -0.39 is 5.91 Å². The van der Waals surface area contributed by atoms with Crippen LogP contribution in [0.4, 0.5) is 5.82 Å². The van der Waals surface area contributed by atoms with Gasteiger partial charge in [0.2, 0.25) is 11.8 Å². The highest BCUT2D eigenvalue weighted by molar-refractivity contribution is 5.83. The van der Waals surface area contributed by atoms with E-state index in [4.69, 9.17) is 15.7 Å². The third kappa shape index (κ3) is 3.79. The third-order valence-corrected chi connectivity index (χ3v) is 4.34. The zero-order valence-electron chi connectivity index (χ0n) is 15.0. The second kappa shape index (κ2) is 7.47. The van der Waals surface area contributed by atoms with Crippen LogP contribution >= 0.6 is 0 Å². The van der Waals surface area contributed by atoms with Gasteiger partial charge in [-0.3, -0.25) is 14.6 Å². The van der Waals surface area contributed by atoms with Crippen molar-refractivity contribution in [3.05, 3.63) is 35.8 Å². The zero-order valence-corrected chi connectivity index (χ0v) is 15.0. The molecule has 0 unspecified atom stereocenters. The van der Waals surface area contributed by atoms with Gasteiger partial charge in [-0.05, 0) is 18.6 Å². The highest BCUT2D eigenvalue weighted by atomic mass is 16.2. The van der Waals surface area contributed by atoms with Gasteiger partial charge in [-0.1, -0.05) is 0 Å². The summed E-state index contributed by atoms with van der Waals surface area (Å²) in [6.07, 6.45) is 4.28. The van der Waals surface area contributed by atoms with E-state index in [1.807, 2.05) is 31.1 Å². The molecule has 2 aromatic heterocycles. The summed E-state index contributed by atoms with van der Waals surface area (Å²) in [4.78, 5) is 40.4. The zero-order chi connectivity index (χ0) is 18.7. The van der Waals surface area contributed by atoms with Gasteiger partial charge in [0.25, 0.3) is 0 Å². The molecule has 0 aromatic carbocycles. The first kappa shape index (κ1) is 17.8. The van der Waals surface area contributed by atoms with Crippen molar-refractivity contribution in [2.75, 3.05) is 25.5 Å². The molecule has 1 aliphatic heterocycles. The monoisotopic (exact) mass is 354 g/mol. The van der Waals surface area contributed by atoms with E-state index in [9.17, 15) is 9.59 Å². The fraction of sp³-hybridized carbons (Fsp3) is 0.389. The molecule has 2 N–H and O–H groups in total. The second-order valence-electron chi connectivity index (χ2n) is 6.46. The topological polar surface area (TPSA) is 105 Å². The number of amides is 2. The van der Waals surface area contributed by atoms with Crippen LogP contribution in [-0.4, -0.2) is 52.3 Å². The van der Waals surface area contributed by atoms with Gasteiger partial charge in [-0.15, -0.1) is 0 Å². The molecule has 0 fully saturated rings. The van der Waals surface area contributed by atoms with Crippen LogP contribution in [0.2, 0.25) is 0 Å². The highest BCUT2D eigenvalue weighted by Crippen LogP contribution is 2.28. The van der Waals surface area contributed by atoms with E-state index in [1.165, 1.54) is 0 Å². The minimum absolute atomic E-state index is 0.0666. The lowest BCUT2D eigenvalue weighted by Gasteiger charge is -2.30. The van der Waals surface area contributed by atoms with E-state index in [2.05, 4.69) is 4.98 Å². The van der Waals surface area contributed by atoms with E-state index in [0.29, 0.717) is 25.3 Å². The Labute approximate surface area is 152 Å². The Bertz CT molecular complexity index is 822. The Kier molecular flexibility index (Phi) is 5.11. The molecule has 2 aromatic rings. The Hall–Kier alpha value is -3.03. The number of anilines is 1. The van der Waals surface area contributed by atoms with Crippen molar-refractivity contribution in [2.45, 2.75) is 25.8 Å². The van der Waals surface area contributed by atoms with Gasteiger partial charge < -0.3 is 15.5 Å². The number of primary amides is 1. The van der Waals surface area contributed by atoms with Gasteiger partial charge in [0.1, 0.15) is 5.82 Å². The maximum absolute atomic E-state index is 12.3. The molecule has 0 saturated heterocycles. The van der Waals surface area contributed by atoms with Gasteiger partial charge in [-0.2, -0.15) is 0 Å². The number of carbonyl (C=O) groups is 2. The molecule has 8 nitrogen and oxygen atoms in total. The smallest absolute Gasteiger partial charge is 0.223 e. The maximum Gasteiger partial charge on any atom is 0.223 e. The second-order valence-corrected chi connectivity index (χ2v) is 6.46. The van der Waals surface area contributed by atoms with Crippen LogP contribution in [-0.2, 0) is 22.6 Å². The lowest BCUT2D eigenvalue weighted by molar-refractivity contribution is -0.134. The molecule has 3 heterocycles. The average Bonchev–Trinajstić information content (AvgIpc) is 2.65. The first-order valence-electron chi connectivity index (χ1n) is 8.49. The van der Waals surface area contributed by atoms with Crippen LogP contribution in [0.3, 0.4) is 0 Å². The summed E-state index contributed by atoms with van der Waals surface area (Å²) in [6, 6.07) is 3.72. The first-order chi connectivity index (χ1) is 12.5. The minimum Gasteiger partial charge on any atom is -0.370 e. The van der Waals surface area contributed by atoms with Gasteiger partial charge >= 0.3 is 0 Å². The van der Waals surface area contributed by atoms with Crippen molar-refractivity contribution in [1.29, 1.82) is 0 Å². The maximum atomic E-state index is 12.3. The van der Waals surface area contributed by atoms with Crippen molar-refractivity contribution in [1.82, 2.24) is 19.9 Å². The summed E-state index contributed by atoms with van der Waals surface area (Å²) in [5.41, 5.74) is 7.92. The normalized spacial score (nSPS) is 13.2. The van der Waals surface area contributed by atoms with Crippen LogP contribution in [0.15, 0.2) is 24.5 Å². The predicted octanol–water partition coefficient (Wildman–Crippen LogP) is 0.755. The molecule has 0 atom stereocenters. The van der Waals surface area contributed by atoms with E-state index in [0.717, 1.165) is 22.6 Å². The van der Waals surface area contributed by atoms with Crippen LogP contribution in [0.5, 0.6) is 0 Å². The molecule has 0 saturated carbocycles. The lowest BCUT2D eigenvalue weighted by atomic mass is 10.0. The molecule has 136 valence electrons. The summed E-state index contributed by atoms with van der Waals surface area (Å²) in [5.74, 6) is 0.935. The van der Waals surface area contributed by atoms with Crippen LogP contribution in [0.25, 0.3) is 11.4 Å². The van der Waals surface area contributed by atoms with Crippen molar-refractivity contribution in [3.63, 3.8) is 0 Å². The quantitative estimate of drug-likeness (QED) is 0.850. The standard InChI is InChI=1S/C18H22N6O2/c1-23(2)18-13-7-10-24(16(26)4-3-15(19)25)11-14(13)21-17(22-18)12-5-8-20-9-6-12/h5-6,8-9H,3-4,7,10-11H2,1-2H3,(H2,19,25). The molecule has 1 aliphatic rings. The van der Waals surface area contributed by atoms with E-state index in [-0.39, 0.29) is 18.7 Å². The Balaban J connectivity index is 1.92.